The molecule has 15 heavy (non-hydrogen) atoms. The maximum Gasteiger partial charge on any atom is 0.304 e. The second kappa shape index (κ2) is 11.5. The highest BCUT2D eigenvalue weighted by Gasteiger charge is 1.95. The fraction of sp³-hybridized carbons (Fsp3) is 0.917. The molecule has 0 atom stereocenters. The monoisotopic (exact) mass is 215 g/mol. The Labute approximate surface area is 93.3 Å². The molecule has 0 rings (SSSR count). The van der Waals surface area contributed by atoms with E-state index >= 15 is 0 Å². The Morgan fingerprint density at radius 2 is 1.60 bits per heavy atom. The third-order valence-corrected chi connectivity index (χ3v) is 2.47. The minimum Gasteiger partial charge on any atom is -0.481 e. The molecular formula is C12H25NO2. The first-order valence-corrected chi connectivity index (χ1v) is 6.20. The first-order chi connectivity index (χ1) is 7.27. The third-order valence-electron chi connectivity index (χ3n) is 2.47. The fourth-order valence-corrected chi connectivity index (χ4v) is 1.53. The van der Waals surface area contributed by atoms with Gasteiger partial charge in [0.1, 0.15) is 0 Å². The normalized spacial score (nSPS) is 10.5. The average Bonchev–Trinajstić information content (AvgIpc) is 2.20. The lowest BCUT2D eigenvalue weighted by atomic mass is 10.1. The Hall–Kier alpha value is -0.570. The van der Waals surface area contributed by atoms with E-state index < -0.39 is 5.97 Å². The molecule has 0 radical (unpaired) electrons. The zero-order valence-electron chi connectivity index (χ0n) is 9.93. The van der Waals surface area contributed by atoms with Crippen molar-refractivity contribution in [1.82, 2.24) is 5.32 Å². The van der Waals surface area contributed by atoms with Gasteiger partial charge in [-0.15, -0.1) is 0 Å². The number of carboxylic acid groups (broad SMARTS) is 1. The summed E-state index contributed by atoms with van der Waals surface area (Å²) < 4.78 is 0. The van der Waals surface area contributed by atoms with Crippen molar-refractivity contribution in [3.05, 3.63) is 0 Å². The largest absolute Gasteiger partial charge is 0.481 e. The summed E-state index contributed by atoms with van der Waals surface area (Å²) in [6.45, 7) is 3.79. The van der Waals surface area contributed by atoms with Gasteiger partial charge in [0, 0.05) is 6.54 Å². The zero-order chi connectivity index (χ0) is 11.4. The Kier molecular flexibility index (Phi) is 11.1. The van der Waals surface area contributed by atoms with Crippen molar-refractivity contribution in [2.75, 3.05) is 13.1 Å². The Balaban J connectivity index is 2.89. The molecule has 0 aromatic heterocycles. The first kappa shape index (κ1) is 14.4. The average molecular weight is 215 g/mol. The number of unbranched alkanes of at least 4 members (excludes halogenated alkanes) is 6. The summed E-state index contributed by atoms with van der Waals surface area (Å²) >= 11 is 0. The molecule has 0 heterocycles. The Bertz CT molecular complexity index is 149. The van der Waals surface area contributed by atoms with Gasteiger partial charge in [-0.3, -0.25) is 4.79 Å². The number of carbonyl (C=O) groups is 1. The van der Waals surface area contributed by atoms with Crippen molar-refractivity contribution in [2.45, 2.75) is 58.3 Å². The summed E-state index contributed by atoms with van der Waals surface area (Å²) in [7, 11) is 0. The molecule has 0 aliphatic rings. The van der Waals surface area contributed by atoms with Gasteiger partial charge in [0.25, 0.3) is 0 Å². The van der Waals surface area contributed by atoms with E-state index in [0.717, 1.165) is 6.54 Å². The number of nitrogens with one attached hydrogen (secondary N) is 1. The maximum absolute atomic E-state index is 10.2. The fourth-order valence-electron chi connectivity index (χ4n) is 1.53. The van der Waals surface area contributed by atoms with Crippen LogP contribution in [0.1, 0.15) is 58.3 Å². The molecule has 0 spiro atoms. The van der Waals surface area contributed by atoms with Crippen LogP contribution in [0.2, 0.25) is 0 Å². The van der Waals surface area contributed by atoms with E-state index in [4.69, 9.17) is 5.11 Å². The molecule has 3 nitrogen and oxygen atoms in total. The van der Waals surface area contributed by atoms with E-state index in [0.29, 0.717) is 6.54 Å². The lowest BCUT2D eigenvalue weighted by Crippen LogP contribution is -2.19. The van der Waals surface area contributed by atoms with Crippen molar-refractivity contribution in [3.63, 3.8) is 0 Å². The highest BCUT2D eigenvalue weighted by atomic mass is 16.4. The molecule has 0 amide bonds. The number of hydrogen-bond acceptors (Lipinski definition) is 2. The van der Waals surface area contributed by atoms with E-state index in [2.05, 4.69) is 12.2 Å². The summed E-state index contributed by atoms with van der Waals surface area (Å²) in [5.74, 6) is -0.720. The molecule has 0 aliphatic carbocycles. The highest BCUT2D eigenvalue weighted by Crippen LogP contribution is 2.06. The molecule has 0 bridgehead atoms. The summed E-state index contributed by atoms with van der Waals surface area (Å²) in [6, 6.07) is 0. The molecule has 0 saturated heterocycles. The van der Waals surface area contributed by atoms with Gasteiger partial charge in [-0.1, -0.05) is 45.4 Å². The predicted octanol–water partition coefficient (Wildman–Crippen LogP) is 2.80. The van der Waals surface area contributed by atoms with Crippen molar-refractivity contribution in [3.8, 4) is 0 Å². The number of rotatable bonds is 11. The van der Waals surface area contributed by atoms with Crippen LogP contribution in [0.3, 0.4) is 0 Å². The van der Waals surface area contributed by atoms with Crippen LogP contribution in [0.25, 0.3) is 0 Å². The van der Waals surface area contributed by atoms with Gasteiger partial charge in [-0.25, -0.2) is 0 Å². The molecule has 0 unspecified atom stereocenters. The minimum absolute atomic E-state index is 0.233. The predicted molar refractivity (Wildman–Crippen MR) is 63.1 cm³/mol. The SMILES string of the molecule is CCCCCCCCCNCCC(=O)O. The van der Waals surface area contributed by atoms with Gasteiger partial charge in [0.2, 0.25) is 0 Å². The first-order valence-electron chi connectivity index (χ1n) is 6.20. The van der Waals surface area contributed by atoms with E-state index in [1.165, 1.54) is 44.9 Å². The summed E-state index contributed by atoms with van der Waals surface area (Å²) in [4.78, 5) is 10.2. The van der Waals surface area contributed by atoms with E-state index in [1.807, 2.05) is 0 Å². The van der Waals surface area contributed by atoms with Gasteiger partial charge < -0.3 is 10.4 Å². The second-order valence-corrected chi connectivity index (χ2v) is 4.02. The van der Waals surface area contributed by atoms with Gasteiger partial charge in [0.15, 0.2) is 0 Å². The third kappa shape index (κ3) is 13.4. The molecular weight excluding hydrogens is 190 g/mol. The van der Waals surface area contributed by atoms with Crippen LogP contribution in [-0.2, 0) is 4.79 Å². The Morgan fingerprint density at radius 3 is 2.20 bits per heavy atom. The summed E-state index contributed by atoms with van der Waals surface area (Å²) in [5.41, 5.74) is 0. The van der Waals surface area contributed by atoms with Crippen molar-refractivity contribution in [1.29, 1.82) is 0 Å². The number of hydrogen-bond donors (Lipinski definition) is 2. The zero-order valence-corrected chi connectivity index (χ0v) is 9.93. The minimum atomic E-state index is -0.720. The van der Waals surface area contributed by atoms with Gasteiger partial charge in [-0.05, 0) is 13.0 Å². The van der Waals surface area contributed by atoms with Crippen LogP contribution in [0.5, 0.6) is 0 Å². The standard InChI is InChI=1S/C12H25NO2/c1-2-3-4-5-6-7-8-10-13-11-9-12(14)15/h13H,2-11H2,1H3,(H,14,15). The second-order valence-electron chi connectivity index (χ2n) is 4.02. The summed E-state index contributed by atoms with van der Waals surface area (Å²) in [5, 5.41) is 11.5. The topological polar surface area (TPSA) is 49.3 Å². The van der Waals surface area contributed by atoms with E-state index in [1.54, 1.807) is 0 Å². The highest BCUT2D eigenvalue weighted by molar-refractivity contribution is 5.66. The molecule has 2 N–H and O–H groups in total. The molecule has 0 aromatic carbocycles. The van der Waals surface area contributed by atoms with Gasteiger partial charge in [-0.2, -0.15) is 0 Å². The molecule has 0 fully saturated rings. The molecule has 3 heteroatoms. The molecule has 0 saturated carbocycles. The van der Waals surface area contributed by atoms with Gasteiger partial charge in [0.05, 0.1) is 6.42 Å². The number of aliphatic carboxylic acids is 1. The lowest BCUT2D eigenvalue weighted by Gasteiger charge is -2.03. The van der Waals surface area contributed by atoms with Crippen LogP contribution in [0.15, 0.2) is 0 Å². The van der Waals surface area contributed by atoms with Crippen LogP contribution in [0, 0.1) is 0 Å². The van der Waals surface area contributed by atoms with Crippen molar-refractivity contribution >= 4 is 5.97 Å². The van der Waals surface area contributed by atoms with Crippen LogP contribution < -0.4 is 5.32 Å². The van der Waals surface area contributed by atoms with Crippen LogP contribution in [-0.4, -0.2) is 24.2 Å². The lowest BCUT2D eigenvalue weighted by molar-refractivity contribution is -0.136. The van der Waals surface area contributed by atoms with Crippen molar-refractivity contribution < 1.29 is 9.90 Å². The number of carboxylic acids is 1. The van der Waals surface area contributed by atoms with E-state index in [-0.39, 0.29) is 6.42 Å². The molecule has 90 valence electrons. The molecule has 0 aromatic rings. The van der Waals surface area contributed by atoms with Gasteiger partial charge >= 0.3 is 5.97 Å². The smallest absolute Gasteiger partial charge is 0.304 e. The Morgan fingerprint density at radius 1 is 1.00 bits per heavy atom. The quantitative estimate of drug-likeness (QED) is 0.521. The molecule has 0 aliphatic heterocycles. The summed E-state index contributed by atoms with van der Waals surface area (Å²) in [6.07, 6.45) is 9.37. The van der Waals surface area contributed by atoms with Crippen molar-refractivity contribution in [2.24, 2.45) is 0 Å². The van der Waals surface area contributed by atoms with Crippen LogP contribution in [0.4, 0.5) is 0 Å². The van der Waals surface area contributed by atoms with Crippen LogP contribution >= 0.6 is 0 Å². The maximum atomic E-state index is 10.2. The van der Waals surface area contributed by atoms with E-state index in [9.17, 15) is 4.79 Å².